The van der Waals surface area contributed by atoms with Crippen molar-refractivity contribution in [3.63, 3.8) is 0 Å². The van der Waals surface area contributed by atoms with E-state index in [1.165, 1.54) is 0 Å². The summed E-state index contributed by atoms with van der Waals surface area (Å²) in [7, 11) is 0. The maximum atomic E-state index is 9.57. The van der Waals surface area contributed by atoms with E-state index in [-0.39, 0.29) is 12.2 Å². The summed E-state index contributed by atoms with van der Waals surface area (Å²) in [5, 5.41) is 9.57. The number of hydrogen-bond acceptors (Lipinski definition) is 2. The molecule has 2 unspecified atom stereocenters. The van der Waals surface area contributed by atoms with E-state index in [2.05, 4.69) is 6.58 Å². The Bertz CT molecular complexity index is 295. The van der Waals surface area contributed by atoms with Crippen LogP contribution < -0.4 is 0 Å². The third-order valence-corrected chi connectivity index (χ3v) is 2.42. The zero-order chi connectivity index (χ0) is 11.8. The van der Waals surface area contributed by atoms with Crippen LogP contribution in [-0.2, 0) is 11.3 Å². The largest absolute Gasteiger partial charge is 0.393 e. The molecular formula is C14H20O2. The van der Waals surface area contributed by atoms with Crippen LogP contribution in [0.5, 0.6) is 0 Å². The van der Waals surface area contributed by atoms with Gasteiger partial charge in [-0.05, 0) is 25.3 Å². The minimum atomic E-state index is -0.344. The van der Waals surface area contributed by atoms with Gasteiger partial charge in [0.05, 0.1) is 18.8 Å². The topological polar surface area (TPSA) is 29.5 Å². The van der Waals surface area contributed by atoms with Crippen LogP contribution in [0.2, 0.25) is 0 Å². The van der Waals surface area contributed by atoms with Crippen molar-refractivity contribution in [3.8, 4) is 0 Å². The van der Waals surface area contributed by atoms with Gasteiger partial charge in [-0.1, -0.05) is 36.4 Å². The lowest BCUT2D eigenvalue weighted by atomic mass is 10.1. The quantitative estimate of drug-likeness (QED) is 0.716. The van der Waals surface area contributed by atoms with E-state index in [9.17, 15) is 5.11 Å². The van der Waals surface area contributed by atoms with Gasteiger partial charge in [-0.2, -0.15) is 0 Å². The highest BCUT2D eigenvalue weighted by atomic mass is 16.5. The van der Waals surface area contributed by atoms with Gasteiger partial charge in [-0.3, -0.25) is 0 Å². The summed E-state index contributed by atoms with van der Waals surface area (Å²) >= 11 is 0. The number of ether oxygens (including phenoxy) is 1. The molecular weight excluding hydrogens is 200 g/mol. The highest BCUT2D eigenvalue weighted by Gasteiger charge is 2.09. The predicted octanol–water partition coefficient (Wildman–Crippen LogP) is 2.92. The molecule has 1 N–H and O–H groups in total. The standard InChI is InChI=1S/C14H20O2/c1-3-7-14(15)10-12(2)16-11-13-8-5-4-6-9-13/h3-6,8-9,12,14-15H,1,7,10-11H2,2H3. The van der Waals surface area contributed by atoms with E-state index in [4.69, 9.17) is 4.74 Å². The molecule has 0 amide bonds. The summed E-state index contributed by atoms with van der Waals surface area (Å²) in [4.78, 5) is 0. The first-order valence-electron chi connectivity index (χ1n) is 5.67. The molecule has 0 aliphatic carbocycles. The fourth-order valence-corrected chi connectivity index (χ4v) is 1.55. The maximum Gasteiger partial charge on any atom is 0.0720 e. The SMILES string of the molecule is C=CCC(O)CC(C)OCc1ccccc1. The van der Waals surface area contributed by atoms with Crippen molar-refractivity contribution in [3.05, 3.63) is 48.6 Å². The van der Waals surface area contributed by atoms with Crippen LogP contribution in [0, 0.1) is 0 Å². The molecule has 0 radical (unpaired) electrons. The lowest BCUT2D eigenvalue weighted by Gasteiger charge is -2.16. The van der Waals surface area contributed by atoms with E-state index < -0.39 is 0 Å². The predicted molar refractivity (Wildman–Crippen MR) is 66.1 cm³/mol. The lowest BCUT2D eigenvalue weighted by Crippen LogP contribution is -2.17. The third-order valence-electron chi connectivity index (χ3n) is 2.42. The van der Waals surface area contributed by atoms with E-state index in [0.717, 1.165) is 5.56 Å². The molecule has 0 saturated carbocycles. The van der Waals surface area contributed by atoms with Gasteiger partial charge in [0.25, 0.3) is 0 Å². The summed E-state index contributed by atoms with van der Waals surface area (Å²) in [5.41, 5.74) is 1.16. The summed E-state index contributed by atoms with van der Waals surface area (Å²) in [5.74, 6) is 0. The maximum absolute atomic E-state index is 9.57. The number of aliphatic hydroxyl groups is 1. The minimum Gasteiger partial charge on any atom is -0.393 e. The highest BCUT2D eigenvalue weighted by Crippen LogP contribution is 2.09. The van der Waals surface area contributed by atoms with Crippen LogP contribution in [0.3, 0.4) is 0 Å². The van der Waals surface area contributed by atoms with Crippen molar-refractivity contribution < 1.29 is 9.84 Å². The molecule has 1 aromatic rings. The van der Waals surface area contributed by atoms with Crippen LogP contribution in [-0.4, -0.2) is 17.3 Å². The third kappa shape index (κ3) is 5.10. The zero-order valence-corrected chi connectivity index (χ0v) is 9.80. The first kappa shape index (κ1) is 12.9. The van der Waals surface area contributed by atoms with Gasteiger partial charge < -0.3 is 9.84 Å². The molecule has 0 aromatic heterocycles. The van der Waals surface area contributed by atoms with E-state index in [0.29, 0.717) is 19.4 Å². The van der Waals surface area contributed by atoms with Crippen LogP contribution >= 0.6 is 0 Å². The lowest BCUT2D eigenvalue weighted by molar-refractivity contribution is 0.0156. The molecule has 0 saturated heterocycles. The molecule has 0 heterocycles. The van der Waals surface area contributed by atoms with Gasteiger partial charge >= 0.3 is 0 Å². The Balaban J connectivity index is 2.25. The molecule has 2 nitrogen and oxygen atoms in total. The van der Waals surface area contributed by atoms with Gasteiger partial charge in [0, 0.05) is 0 Å². The van der Waals surface area contributed by atoms with E-state index in [1.807, 2.05) is 37.3 Å². The first-order valence-corrected chi connectivity index (χ1v) is 5.67. The van der Waals surface area contributed by atoms with E-state index >= 15 is 0 Å². The average Bonchev–Trinajstić information content (AvgIpc) is 2.28. The molecule has 2 atom stereocenters. The van der Waals surface area contributed by atoms with Gasteiger partial charge in [0.15, 0.2) is 0 Å². The van der Waals surface area contributed by atoms with Gasteiger partial charge in [0.2, 0.25) is 0 Å². The van der Waals surface area contributed by atoms with Crippen LogP contribution in [0.4, 0.5) is 0 Å². The van der Waals surface area contributed by atoms with Crippen molar-refractivity contribution >= 4 is 0 Å². The van der Waals surface area contributed by atoms with Crippen molar-refractivity contribution in [2.45, 2.75) is 38.6 Å². The van der Waals surface area contributed by atoms with E-state index in [1.54, 1.807) is 6.08 Å². The number of rotatable bonds is 7. The molecule has 1 rings (SSSR count). The zero-order valence-electron chi connectivity index (χ0n) is 9.80. The molecule has 2 heteroatoms. The Labute approximate surface area is 97.6 Å². The second-order valence-electron chi connectivity index (χ2n) is 4.02. The molecule has 1 aromatic carbocycles. The van der Waals surface area contributed by atoms with Crippen LogP contribution in [0.25, 0.3) is 0 Å². The second kappa shape index (κ2) is 7.20. The summed E-state index contributed by atoms with van der Waals surface area (Å²) in [6, 6.07) is 10.0. The van der Waals surface area contributed by atoms with Gasteiger partial charge in [-0.15, -0.1) is 6.58 Å². The Kier molecular flexibility index (Phi) is 5.83. The molecule has 0 bridgehead atoms. The Hall–Kier alpha value is -1.12. The molecule has 0 spiro atoms. The number of benzene rings is 1. The first-order chi connectivity index (χ1) is 7.72. The fourth-order valence-electron chi connectivity index (χ4n) is 1.55. The highest BCUT2D eigenvalue weighted by molar-refractivity contribution is 5.13. The minimum absolute atomic E-state index is 0.0650. The molecule has 0 fully saturated rings. The Morgan fingerprint density at radius 1 is 1.38 bits per heavy atom. The molecule has 16 heavy (non-hydrogen) atoms. The summed E-state index contributed by atoms with van der Waals surface area (Å²) < 4.78 is 5.65. The molecule has 0 aliphatic heterocycles. The van der Waals surface area contributed by atoms with Crippen molar-refractivity contribution in [1.82, 2.24) is 0 Å². The fraction of sp³-hybridized carbons (Fsp3) is 0.429. The molecule has 0 aliphatic rings. The smallest absolute Gasteiger partial charge is 0.0720 e. The summed E-state index contributed by atoms with van der Waals surface area (Å²) in [6.07, 6.45) is 2.73. The van der Waals surface area contributed by atoms with Gasteiger partial charge in [-0.25, -0.2) is 0 Å². The number of aliphatic hydroxyl groups excluding tert-OH is 1. The van der Waals surface area contributed by atoms with Crippen molar-refractivity contribution in [1.29, 1.82) is 0 Å². The Morgan fingerprint density at radius 2 is 2.06 bits per heavy atom. The van der Waals surface area contributed by atoms with Crippen LogP contribution in [0.15, 0.2) is 43.0 Å². The average molecular weight is 220 g/mol. The Morgan fingerprint density at radius 3 is 2.69 bits per heavy atom. The van der Waals surface area contributed by atoms with Gasteiger partial charge in [0.1, 0.15) is 0 Å². The monoisotopic (exact) mass is 220 g/mol. The second-order valence-corrected chi connectivity index (χ2v) is 4.02. The van der Waals surface area contributed by atoms with Crippen molar-refractivity contribution in [2.24, 2.45) is 0 Å². The molecule has 88 valence electrons. The van der Waals surface area contributed by atoms with Crippen molar-refractivity contribution in [2.75, 3.05) is 0 Å². The summed E-state index contributed by atoms with van der Waals surface area (Å²) in [6.45, 7) is 6.18. The number of hydrogen-bond donors (Lipinski definition) is 1. The van der Waals surface area contributed by atoms with Crippen LogP contribution in [0.1, 0.15) is 25.3 Å². The normalized spacial score (nSPS) is 14.4.